The third kappa shape index (κ3) is 2.33. The number of nitrogens with one attached hydrogen (secondary N) is 1. The highest BCUT2D eigenvalue weighted by Gasteiger charge is 2.34. The summed E-state index contributed by atoms with van der Waals surface area (Å²) in [6, 6.07) is 7.10. The molecule has 0 aliphatic rings. The van der Waals surface area contributed by atoms with Gasteiger partial charge in [0.05, 0.1) is 16.8 Å². The van der Waals surface area contributed by atoms with Crippen LogP contribution in [-0.4, -0.2) is 14.5 Å². The number of pyridine rings is 1. The molecule has 21 heavy (non-hydrogen) atoms. The summed E-state index contributed by atoms with van der Waals surface area (Å²) in [5, 5.41) is 0. The number of para-hydroxylation sites is 1. The lowest BCUT2D eigenvalue weighted by Gasteiger charge is -2.13. The molecular formula is C14H10F3N3S. The highest BCUT2D eigenvalue weighted by molar-refractivity contribution is 7.71. The van der Waals surface area contributed by atoms with Gasteiger partial charge in [0, 0.05) is 6.20 Å². The van der Waals surface area contributed by atoms with Gasteiger partial charge in [0.15, 0.2) is 10.4 Å². The first-order valence-electron chi connectivity index (χ1n) is 6.12. The fraction of sp³-hybridized carbons (Fsp3) is 0.143. The van der Waals surface area contributed by atoms with E-state index in [-0.39, 0.29) is 10.5 Å². The topological polar surface area (TPSA) is 33.6 Å². The molecule has 7 heteroatoms. The van der Waals surface area contributed by atoms with Crippen LogP contribution in [0.3, 0.4) is 0 Å². The van der Waals surface area contributed by atoms with Gasteiger partial charge in [-0.25, -0.2) is 4.98 Å². The van der Waals surface area contributed by atoms with Crippen LogP contribution in [0.5, 0.6) is 0 Å². The van der Waals surface area contributed by atoms with Gasteiger partial charge in [-0.05, 0) is 42.9 Å². The van der Waals surface area contributed by atoms with Crippen molar-refractivity contribution in [3.05, 3.63) is 52.4 Å². The zero-order valence-electron chi connectivity index (χ0n) is 10.9. The van der Waals surface area contributed by atoms with Crippen LogP contribution in [0, 0.1) is 11.7 Å². The second kappa shape index (κ2) is 4.70. The van der Waals surface area contributed by atoms with Crippen molar-refractivity contribution in [3.63, 3.8) is 0 Å². The number of halogens is 3. The van der Waals surface area contributed by atoms with Gasteiger partial charge in [0.25, 0.3) is 0 Å². The molecule has 0 aliphatic heterocycles. The third-order valence-electron chi connectivity index (χ3n) is 3.11. The average molecular weight is 309 g/mol. The molecule has 1 aromatic carbocycles. The van der Waals surface area contributed by atoms with Crippen molar-refractivity contribution >= 4 is 23.4 Å². The summed E-state index contributed by atoms with van der Waals surface area (Å²) in [4.78, 5) is 7.09. The summed E-state index contributed by atoms with van der Waals surface area (Å²) < 4.78 is 41.0. The summed E-state index contributed by atoms with van der Waals surface area (Å²) in [7, 11) is 0. The Balaban J connectivity index is 2.37. The first kappa shape index (κ1) is 13.8. The number of hydrogen-bond acceptors (Lipinski definition) is 2. The lowest BCUT2D eigenvalue weighted by atomic mass is 10.1. The highest BCUT2D eigenvalue weighted by Crippen LogP contribution is 2.34. The molecule has 0 unspecified atom stereocenters. The molecule has 108 valence electrons. The second-order valence-corrected chi connectivity index (χ2v) is 5.05. The summed E-state index contributed by atoms with van der Waals surface area (Å²) in [5.74, 6) is 0. The second-order valence-electron chi connectivity index (χ2n) is 4.66. The molecule has 0 atom stereocenters. The molecule has 0 spiro atoms. The van der Waals surface area contributed by atoms with Crippen LogP contribution in [0.25, 0.3) is 16.9 Å². The summed E-state index contributed by atoms with van der Waals surface area (Å²) >= 11 is 5.16. The van der Waals surface area contributed by atoms with E-state index in [1.807, 2.05) is 6.92 Å². The Morgan fingerprint density at radius 3 is 2.67 bits per heavy atom. The number of H-pyrrole nitrogens is 1. The fourth-order valence-corrected chi connectivity index (χ4v) is 2.53. The van der Waals surface area contributed by atoms with Crippen LogP contribution in [0.15, 0.2) is 36.5 Å². The normalized spacial score (nSPS) is 12.0. The predicted molar refractivity (Wildman–Crippen MR) is 76.0 cm³/mol. The Morgan fingerprint density at radius 2 is 1.95 bits per heavy atom. The number of aromatic nitrogens is 3. The van der Waals surface area contributed by atoms with Gasteiger partial charge >= 0.3 is 6.18 Å². The molecule has 1 N–H and O–H groups in total. The van der Waals surface area contributed by atoms with Crippen molar-refractivity contribution in [2.24, 2.45) is 0 Å². The Labute approximate surface area is 123 Å². The van der Waals surface area contributed by atoms with E-state index >= 15 is 0 Å². The Bertz CT molecular complexity index is 877. The maximum Gasteiger partial charge on any atom is 0.418 e. The molecule has 2 aromatic heterocycles. The van der Waals surface area contributed by atoms with Gasteiger partial charge in [-0.3, -0.25) is 4.57 Å². The number of benzene rings is 1. The van der Waals surface area contributed by atoms with Crippen molar-refractivity contribution in [3.8, 4) is 5.69 Å². The van der Waals surface area contributed by atoms with E-state index in [2.05, 4.69) is 9.97 Å². The standard InChI is InChI=1S/C14H10F3N3S/c1-8-6-10-12(18-7-8)20(13(21)19-10)11-5-3-2-4-9(11)14(15,16)17/h2-7H,1H3,(H,19,21). The molecule has 3 aromatic rings. The van der Waals surface area contributed by atoms with Crippen LogP contribution in [0.1, 0.15) is 11.1 Å². The van der Waals surface area contributed by atoms with Gasteiger partial charge in [-0.1, -0.05) is 12.1 Å². The largest absolute Gasteiger partial charge is 0.418 e. The molecule has 0 saturated heterocycles. The number of alkyl halides is 3. The van der Waals surface area contributed by atoms with Crippen LogP contribution in [-0.2, 0) is 6.18 Å². The lowest BCUT2D eigenvalue weighted by molar-refractivity contribution is -0.137. The highest BCUT2D eigenvalue weighted by atomic mass is 32.1. The molecule has 0 fully saturated rings. The summed E-state index contributed by atoms with van der Waals surface area (Å²) in [5.41, 5.74) is 1.11. The number of imidazole rings is 1. The van der Waals surface area contributed by atoms with Gasteiger partial charge in [0.1, 0.15) is 0 Å². The number of rotatable bonds is 1. The molecule has 0 saturated carbocycles. The Kier molecular flexibility index (Phi) is 3.09. The van der Waals surface area contributed by atoms with Crippen molar-refractivity contribution in [2.75, 3.05) is 0 Å². The molecule has 0 radical (unpaired) electrons. The Hall–Kier alpha value is -2.15. The maximum absolute atomic E-state index is 13.2. The first-order chi connectivity index (χ1) is 9.88. The molecule has 0 amide bonds. The Morgan fingerprint density at radius 1 is 1.24 bits per heavy atom. The molecule has 2 heterocycles. The minimum absolute atomic E-state index is 0.0300. The third-order valence-corrected chi connectivity index (χ3v) is 3.39. The number of aryl methyl sites for hydroxylation is 1. The number of fused-ring (bicyclic) bond motifs is 1. The zero-order chi connectivity index (χ0) is 15.2. The number of hydrogen-bond donors (Lipinski definition) is 1. The molecule has 3 nitrogen and oxygen atoms in total. The molecule has 0 bridgehead atoms. The van der Waals surface area contributed by atoms with E-state index in [0.717, 1.165) is 11.6 Å². The quantitative estimate of drug-likeness (QED) is 0.676. The molecular weight excluding hydrogens is 299 g/mol. The zero-order valence-corrected chi connectivity index (χ0v) is 11.7. The smallest absolute Gasteiger partial charge is 0.329 e. The van der Waals surface area contributed by atoms with Crippen molar-refractivity contribution in [1.29, 1.82) is 0 Å². The minimum atomic E-state index is -4.46. The van der Waals surface area contributed by atoms with Crippen LogP contribution >= 0.6 is 12.2 Å². The van der Waals surface area contributed by atoms with E-state index < -0.39 is 11.7 Å². The first-order valence-corrected chi connectivity index (χ1v) is 6.53. The lowest BCUT2D eigenvalue weighted by Crippen LogP contribution is -2.11. The number of nitrogens with zero attached hydrogens (tertiary/aromatic N) is 2. The predicted octanol–water partition coefficient (Wildman–Crippen LogP) is 4.41. The van der Waals surface area contributed by atoms with Crippen LogP contribution in [0.4, 0.5) is 13.2 Å². The van der Waals surface area contributed by atoms with E-state index in [1.165, 1.54) is 16.7 Å². The maximum atomic E-state index is 13.2. The summed E-state index contributed by atoms with van der Waals surface area (Å²) in [6.07, 6.45) is -2.86. The van der Waals surface area contributed by atoms with Gasteiger partial charge in [-0.2, -0.15) is 13.2 Å². The fourth-order valence-electron chi connectivity index (χ4n) is 2.23. The van der Waals surface area contributed by atoms with Crippen molar-refractivity contribution in [2.45, 2.75) is 13.1 Å². The van der Waals surface area contributed by atoms with E-state index in [0.29, 0.717) is 11.2 Å². The average Bonchev–Trinajstić information content (AvgIpc) is 2.72. The van der Waals surface area contributed by atoms with Crippen LogP contribution < -0.4 is 0 Å². The summed E-state index contributed by atoms with van der Waals surface area (Å²) in [6.45, 7) is 1.85. The van der Waals surface area contributed by atoms with Gasteiger partial charge in [0.2, 0.25) is 0 Å². The van der Waals surface area contributed by atoms with Crippen LogP contribution in [0.2, 0.25) is 0 Å². The van der Waals surface area contributed by atoms with Gasteiger partial charge < -0.3 is 4.98 Å². The number of aromatic amines is 1. The van der Waals surface area contributed by atoms with E-state index in [1.54, 1.807) is 18.3 Å². The van der Waals surface area contributed by atoms with Crippen molar-refractivity contribution < 1.29 is 13.2 Å². The van der Waals surface area contributed by atoms with E-state index in [9.17, 15) is 13.2 Å². The molecule has 3 rings (SSSR count). The molecule has 0 aliphatic carbocycles. The minimum Gasteiger partial charge on any atom is -0.329 e. The monoisotopic (exact) mass is 309 g/mol. The SMILES string of the molecule is Cc1cnc2c(c1)[nH]c(=S)n2-c1ccccc1C(F)(F)F. The van der Waals surface area contributed by atoms with Crippen molar-refractivity contribution in [1.82, 2.24) is 14.5 Å². The van der Waals surface area contributed by atoms with E-state index in [4.69, 9.17) is 12.2 Å². The van der Waals surface area contributed by atoms with Gasteiger partial charge in [-0.15, -0.1) is 0 Å².